The largest absolute Gasteiger partial charge is 0.508 e. The lowest BCUT2D eigenvalue weighted by Crippen LogP contribution is -2.28. The average Bonchev–Trinajstić information content (AvgIpc) is 2.38. The molecule has 18 heavy (non-hydrogen) atoms. The molecule has 1 atom stereocenters. The monoisotopic (exact) mass is 244 g/mol. The zero-order valence-corrected chi connectivity index (χ0v) is 10.5. The molecular weight excluding hydrogens is 227 g/mol. The van der Waals surface area contributed by atoms with Crippen molar-refractivity contribution in [2.75, 3.05) is 0 Å². The lowest BCUT2D eigenvalue weighted by molar-refractivity contribution is 0.165. The number of phenolic OH excluding ortho intramolecular Hbond substituents is 1. The summed E-state index contributed by atoms with van der Waals surface area (Å²) in [6, 6.07) is 7.03. The first-order chi connectivity index (χ1) is 8.63. The molecule has 1 aromatic carbocycles. The Morgan fingerprint density at radius 2 is 2.22 bits per heavy atom. The van der Waals surface area contributed by atoms with Gasteiger partial charge in [0.25, 0.3) is 0 Å². The van der Waals surface area contributed by atoms with Crippen LogP contribution in [0, 0.1) is 0 Å². The molecule has 1 aliphatic rings. The molecule has 4 heteroatoms. The topological polar surface area (TPSA) is 49.7 Å². The van der Waals surface area contributed by atoms with Gasteiger partial charge < -0.3 is 14.8 Å². The van der Waals surface area contributed by atoms with Crippen LogP contribution in [0.5, 0.6) is 5.75 Å². The zero-order valence-electron chi connectivity index (χ0n) is 10.5. The maximum Gasteiger partial charge on any atom is 0.491 e. The van der Waals surface area contributed by atoms with Gasteiger partial charge in [0.1, 0.15) is 5.75 Å². The Morgan fingerprint density at radius 3 is 2.83 bits per heavy atom. The molecule has 0 aliphatic carbocycles. The first-order valence-electron chi connectivity index (χ1n) is 6.13. The minimum Gasteiger partial charge on any atom is -0.508 e. The van der Waals surface area contributed by atoms with Crippen LogP contribution < -0.4 is 0 Å². The molecule has 2 rings (SSSR count). The Bertz CT molecular complexity index is 482. The summed E-state index contributed by atoms with van der Waals surface area (Å²) in [5.41, 5.74) is 2.34. The molecule has 1 unspecified atom stereocenters. The van der Waals surface area contributed by atoms with E-state index in [4.69, 9.17) is 4.65 Å². The van der Waals surface area contributed by atoms with Gasteiger partial charge in [-0.2, -0.15) is 0 Å². The van der Waals surface area contributed by atoms with Gasteiger partial charge in [-0.3, -0.25) is 0 Å². The summed E-state index contributed by atoms with van der Waals surface area (Å²) < 4.78 is 5.56. The number of benzene rings is 1. The van der Waals surface area contributed by atoms with Gasteiger partial charge in [0.2, 0.25) is 0 Å². The van der Waals surface area contributed by atoms with Crippen molar-refractivity contribution >= 4 is 7.12 Å². The van der Waals surface area contributed by atoms with Crippen molar-refractivity contribution in [3.05, 3.63) is 53.5 Å². The fourth-order valence-electron chi connectivity index (χ4n) is 2.10. The van der Waals surface area contributed by atoms with E-state index in [1.807, 2.05) is 19.1 Å². The fourth-order valence-corrected chi connectivity index (χ4v) is 2.10. The van der Waals surface area contributed by atoms with Crippen molar-refractivity contribution in [3.8, 4) is 5.75 Å². The molecular formula is C14H17BO3. The third-order valence-electron chi connectivity index (χ3n) is 3.23. The van der Waals surface area contributed by atoms with Gasteiger partial charge in [0.15, 0.2) is 0 Å². The first kappa shape index (κ1) is 12.9. The Balaban J connectivity index is 2.20. The lowest BCUT2D eigenvalue weighted by atomic mass is 9.70. The number of rotatable bonds is 3. The highest BCUT2D eigenvalue weighted by atomic mass is 16.5. The smallest absolute Gasteiger partial charge is 0.491 e. The van der Waals surface area contributed by atoms with Crippen LogP contribution in [0.2, 0.25) is 0 Å². The van der Waals surface area contributed by atoms with Crippen molar-refractivity contribution in [1.29, 1.82) is 0 Å². The highest BCUT2D eigenvalue weighted by molar-refractivity contribution is 6.54. The van der Waals surface area contributed by atoms with Gasteiger partial charge in [0, 0.05) is 5.56 Å². The third-order valence-corrected chi connectivity index (χ3v) is 3.23. The van der Waals surface area contributed by atoms with Crippen molar-refractivity contribution < 1.29 is 14.8 Å². The van der Waals surface area contributed by atoms with Gasteiger partial charge in [-0.15, -0.1) is 0 Å². The maximum absolute atomic E-state index is 9.96. The molecule has 3 nitrogen and oxygen atoms in total. The molecule has 0 aromatic heterocycles. The van der Waals surface area contributed by atoms with E-state index in [1.165, 1.54) is 0 Å². The second-order valence-electron chi connectivity index (χ2n) is 4.39. The summed E-state index contributed by atoms with van der Waals surface area (Å²) >= 11 is 0. The molecule has 0 spiro atoms. The quantitative estimate of drug-likeness (QED) is 0.803. The predicted molar refractivity (Wildman–Crippen MR) is 72.0 cm³/mol. The Morgan fingerprint density at radius 1 is 1.50 bits per heavy atom. The minimum atomic E-state index is -0.962. The molecule has 0 bridgehead atoms. The lowest BCUT2D eigenvalue weighted by Gasteiger charge is -2.26. The van der Waals surface area contributed by atoms with Crippen LogP contribution in [-0.4, -0.2) is 17.2 Å². The molecule has 1 aliphatic heterocycles. The summed E-state index contributed by atoms with van der Waals surface area (Å²) in [4.78, 5) is 0. The standard InChI is InChI=1S/C14H17BO3/c1-3-10(2)12-8-9-14(18-15(12)17)11-6-4-5-7-13(11)16/h4-8,14,16-17H,2-3,9H2,1H3. The fraction of sp³-hybridized carbons (Fsp3) is 0.286. The molecule has 1 aromatic rings. The molecule has 2 N–H and O–H groups in total. The summed E-state index contributed by atoms with van der Waals surface area (Å²) in [5, 5.41) is 19.7. The van der Waals surface area contributed by atoms with E-state index in [0.29, 0.717) is 12.0 Å². The van der Waals surface area contributed by atoms with Crippen LogP contribution in [0.3, 0.4) is 0 Å². The summed E-state index contributed by atoms with van der Waals surface area (Å²) in [6.07, 6.45) is 3.04. The number of hydrogen-bond acceptors (Lipinski definition) is 3. The van der Waals surface area contributed by atoms with Crippen LogP contribution in [0.1, 0.15) is 31.4 Å². The first-order valence-corrected chi connectivity index (χ1v) is 6.13. The minimum absolute atomic E-state index is 0.195. The number of allylic oxidation sites excluding steroid dienone is 2. The van der Waals surface area contributed by atoms with Crippen LogP contribution in [0.25, 0.3) is 0 Å². The highest BCUT2D eigenvalue weighted by Gasteiger charge is 2.30. The molecule has 0 fully saturated rings. The van der Waals surface area contributed by atoms with Crippen molar-refractivity contribution in [3.63, 3.8) is 0 Å². The van der Waals surface area contributed by atoms with Crippen molar-refractivity contribution in [1.82, 2.24) is 0 Å². The van der Waals surface area contributed by atoms with E-state index in [-0.39, 0.29) is 11.9 Å². The SMILES string of the molecule is C=C(CC)C1=CCC(c2ccccc2O)OB1O. The summed E-state index contributed by atoms with van der Waals surface area (Å²) in [7, 11) is -0.962. The van der Waals surface area contributed by atoms with Crippen LogP contribution >= 0.6 is 0 Å². The average molecular weight is 244 g/mol. The van der Waals surface area contributed by atoms with Gasteiger partial charge in [-0.1, -0.05) is 43.4 Å². The number of para-hydroxylation sites is 1. The van der Waals surface area contributed by atoms with E-state index in [1.54, 1.807) is 18.2 Å². The predicted octanol–water partition coefficient (Wildman–Crippen LogP) is 2.77. The number of phenols is 1. The van der Waals surface area contributed by atoms with Gasteiger partial charge >= 0.3 is 7.12 Å². The van der Waals surface area contributed by atoms with E-state index >= 15 is 0 Å². The Labute approximate surface area is 108 Å². The van der Waals surface area contributed by atoms with E-state index < -0.39 is 7.12 Å². The van der Waals surface area contributed by atoms with Crippen molar-refractivity contribution in [2.24, 2.45) is 0 Å². The zero-order chi connectivity index (χ0) is 13.1. The van der Waals surface area contributed by atoms with Crippen molar-refractivity contribution in [2.45, 2.75) is 25.9 Å². The number of hydrogen-bond donors (Lipinski definition) is 2. The third kappa shape index (κ3) is 2.50. The molecule has 0 saturated heterocycles. The van der Waals surface area contributed by atoms with E-state index in [0.717, 1.165) is 17.5 Å². The Kier molecular flexibility index (Phi) is 3.89. The van der Waals surface area contributed by atoms with Crippen LogP contribution in [0.15, 0.2) is 48.0 Å². The van der Waals surface area contributed by atoms with Gasteiger partial charge in [-0.05, 0) is 24.4 Å². The second kappa shape index (κ2) is 5.42. The summed E-state index contributed by atoms with van der Waals surface area (Å²) in [5.74, 6) is 0.195. The normalized spacial score (nSPS) is 19.6. The second-order valence-corrected chi connectivity index (χ2v) is 4.39. The van der Waals surface area contributed by atoms with Crippen LogP contribution in [0.4, 0.5) is 0 Å². The summed E-state index contributed by atoms with van der Waals surface area (Å²) in [6.45, 7) is 5.90. The van der Waals surface area contributed by atoms with Gasteiger partial charge in [-0.25, -0.2) is 0 Å². The molecule has 0 saturated carbocycles. The molecule has 0 amide bonds. The Hall–Kier alpha value is -1.52. The molecule has 0 radical (unpaired) electrons. The van der Waals surface area contributed by atoms with E-state index in [2.05, 4.69) is 6.58 Å². The number of aromatic hydroxyl groups is 1. The maximum atomic E-state index is 9.96. The molecule has 94 valence electrons. The highest BCUT2D eigenvalue weighted by Crippen LogP contribution is 2.34. The van der Waals surface area contributed by atoms with Gasteiger partial charge in [0.05, 0.1) is 6.10 Å². The van der Waals surface area contributed by atoms with Crippen LogP contribution in [-0.2, 0) is 4.65 Å². The van der Waals surface area contributed by atoms with E-state index in [9.17, 15) is 10.1 Å². The molecule has 1 heterocycles.